The van der Waals surface area contributed by atoms with E-state index in [-0.39, 0.29) is 0 Å². The zero-order chi connectivity index (χ0) is 8.93. The summed E-state index contributed by atoms with van der Waals surface area (Å²) >= 11 is 1.33. The Labute approximate surface area is 80.2 Å². The van der Waals surface area contributed by atoms with Crippen molar-refractivity contribution in [2.75, 3.05) is 0 Å². The topological polar surface area (TPSA) is 35.0 Å². The second-order valence-electron chi connectivity index (χ2n) is 2.45. The molecule has 0 saturated heterocycles. The van der Waals surface area contributed by atoms with Gasteiger partial charge in [-0.1, -0.05) is 18.2 Å². The summed E-state index contributed by atoms with van der Waals surface area (Å²) in [6.45, 7) is 0.438. The van der Waals surface area contributed by atoms with Gasteiger partial charge < -0.3 is 4.74 Å². The van der Waals surface area contributed by atoms with Crippen molar-refractivity contribution in [3.8, 4) is 5.75 Å². The summed E-state index contributed by atoms with van der Waals surface area (Å²) in [5.74, 6) is 1.58. The SMILES string of the molecule is c1ccc(OCc2ncsn2)cc1. The lowest BCUT2D eigenvalue weighted by molar-refractivity contribution is 0.297. The molecule has 0 aliphatic heterocycles. The van der Waals surface area contributed by atoms with Crippen LogP contribution in [0, 0.1) is 0 Å². The third-order valence-corrected chi connectivity index (χ3v) is 2.03. The zero-order valence-electron chi connectivity index (χ0n) is 6.88. The molecule has 1 aromatic carbocycles. The predicted molar refractivity (Wildman–Crippen MR) is 50.7 cm³/mol. The normalized spacial score (nSPS) is 9.85. The van der Waals surface area contributed by atoms with Crippen LogP contribution in [0.4, 0.5) is 0 Å². The van der Waals surface area contributed by atoms with Crippen molar-refractivity contribution in [1.29, 1.82) is 0 Å². The molecule has 13 heavy (non-hydrogen) atoms. The molecule has 0 N–H and O–H groups in total. The van der Waals surface area contributed by atoms with Crippen LogP contribution in [-0.2, 0) is 6.61 Å². The van der Waals surface area contributed by atoms with Crippen LogP contribution in [0.2, 0.25) is 0 Å². The Balaban J connectivity index is 1.94. The minimum absolute atomic E-state index is 0.438. The third kappa shape index (κ3) is 2.26. The number of para-hydroxylation sites is 1. The van der Waals surface area contributed by atoms with Crippen LogP contribution in [0.3, 0.4) is 0 Å². The summed E-state index contributed by atoms with van der Waals surface area (Å²) in [4.78, 5) is 4.01. The molecule has 0 atom stereocenters. The fraction of sp³-hybridized carbons (Fsp3) is 0.111. The van der Waals surface area contributed by atoms with Gasteiger partial charge in [-0.25, -0.2) is 4.98 Å². The molecule has 0 unspecified atom stereocenters. The van der Waals surface area contributed by atoms with Crippen molar-refractivity contribution in [3.05, 3.63) is 41.7 Å². The number of rotatable bonds is 3. The number of aromatic nitrogens is 2. The van der Waals surface area contributed by atoms with E-state index in [9.17, 15) is 0 Å². The van der Waals surface area contributed by atoms with Gasteiger partial charge in [-0.2, -0.15) is 4.37 Å². The summed E-state index contributed by atoms with van der Waals surface area (Å²) in [5, 5.41) is 0. The molecule has 66 valence electrons. The van der Waals surface area contributed by atoms with E-state index in [2.05, 4.69) is 9.36 Å². The van der Waals surface area contributed by atoms with Crippen molar-refractivity contribution in [3.63, 3.8) is 0 Å². The maximum absolute atomic E-state index is 5.43. The molecule has 0 amide bonds. The van der Waals surface area contributed by atoms with Crippen molar-refractivity contribution in [2.45, 2.75) is 6.61 Å². The molecule has 4 heteroatoms. The molecule has 0 spiro atoms. The van der Waals surface area contributed by atoms with Gasteiger partial charge in [0, 0.05) is 0 Å². The average molecular weight is 192 g/mol. The van der Waals surface area contributed by atoms with Crippen molar-refractivity contribution < 1.29 is 4.74 Å². The highest BCUT2D eigenvalue weighted by atomic mass is 32.1. The Morgan fingerprint density at radius 1 is 1.23 bits per heavy atom. The highest BCUT2D eigenvalue weighted by molar-refractivity contribution is 7.03. The number of nitrogens with zero attached hydrogens (tertiary/aromatic N) is 2. The number of benzene rings is 1. The zero-order valence-corrected chi connectivity index (χ0v) is 7.70. The summed E-state index contributed by atoms with van der Waals surface area (Å²) < 4.78 is 9.47. The molecule has 2 rings (SSSR count). The van der Waals surface area contributed by atoms with Gasteiger partial charge in [-0.15, -0.1) is 0 Å². The lowest BCUT2D eigenvalue weighted by atomic mass is 10.3. The van der Waals surface area contributed by atoms with Gasteiger partial charge in [-0.05, 0) is 23.7 Å². The van der Waals surface area contributed by atoms with Crippen LogP contribution in [0.1, 0.15) is 5.82 Å². The van der Waals surface area contributed by atoms with Crippen molar-refractivity contribution >= 4 is 11.5 Å². The molecule has 1 aromatic heterocycles. The highest BCUT2D eigenvalue weighted by Gasteiger charge is 1.97. The molecule has 0 bridgehead atoms. The first-order valence-electron chi connectivity index (χ1n) is 3.88. The van der Waals surface area contributed by atoms with E-state index in [0.717, 1.165) is 11.6 Å². The second-order valence-corrected chi connectivity index (χ2v) is 3.05. The molecule has 2 aromatic rings. The molecule has 0 aliphatic carbocycles. The van der Waals surface area contributed by atoms with E-state index in [1.807, 2.05) is 30.3 Å². The maximum atomic E-state index is 5.43. The number of ether oxygens (including phenoxy) is 1. The van der Waals surface area contributed by atoms with E-state index >= 15 is 0 Å². The average Bonchev–Trinajstić information content (AvgIpc) is 2.69. The second kappa shape index (κ2) is 4.00. The molecular weight excluding hydrogens is 184 g/mol. The summed E-state index contributed by atoms with van der Waals surface area (Å²) in [7, 11) is 0. The third-order valence-electron chi connectivity index (χ3n) is 1.52. The van der Waals surface area contributed by atoms with Crippen LogP contribution in [-0.4, -0.2) is 9.36 Å². The Morgan fingerprint density at radius 3 is 2.77 bits per heavy atom. The van der Waals surface area contributed by atoms with E-state index in [4.69, 9.17) is 4.74 Å². The van der Waals surface area contributed by atoms with E-state index in [1.165, 1.54) is 11.5 Å². The summed E-state index contributed by atoms with van der Waals surface area (Å²) in [6, 6.07) is 9.64. The lowest BCUT2D eigenvalue weighted by Crippen LogP contribution is -1.96. The quantitative estimate of drug-likeness (QED) is 0.747. The van der Waals surface area contributed by atoms with Gasteiger partial charge in [-0.3, -0.25) is 0 Å². The van der Waals surface area contributed by atoms with Gasteiger partial charge in [0.05, 0.1) is 0 Å². The Kier molecular flexibility index (Phi) is 2.52. The summed E-state index contributed by atoms with van der Waals surface area (Å²) in [6.07, 6.45) is 0. The minimum Gasteiger partial charge on any atom is -0.486 e. The molecule has 1 heterocycles. The smallest absolute Gasteiger partial charge is 0.179 e. The molecule has 0 saturated carbocycles. The Hall–Kier alpha value is -1.42. The Morgan fingerprint density at radius 2 is 2.08 bits per heavy atom. The monoisotopic (exact) mass is 192 g/mol. The maximum Gasteiger partial charge on any atom is 0.179 e. The predicted octanol–water partition coefficient (Wildman–Crippen LogP) is 2.12. The van der Waals surface area contributed by atoms with Crippen LogP contribution < -0.4 is 4.74 Å². The molecule has 0 aliphatic rings. The first-order chi connectivity index (χ1) is 6.45. The molecule has 0 fully saturated rings. The summed E-state index contributed by atoms with van der Waals surface area (Å²) in [5.41, 5.74) is 1.70. The first-order valence-corrected chi connectivity index (χ1v) is 4.72. The molecular formula is C9H8N2OS. The lowest BCUT2D eigenvalue weighted by Gasteiger charge is -2.01. The van der Waals surface area contributed by atoms with E-state index in [1.54, 1.807) is 5.51 Å². The molecule has 0 radical (unpaired) electrons. The van der Waals surface area contributed by atoms with Crippen LogP contribution >= 0.6 is 11.5 Å². The van der Waals surface area contributed by atoms with Crippen LogP contribution in [0.15, 0.2) is 35.8 Å². The molecule has 3 nitrogen and oxygen atoms in total. The standard InChI is InChI=1S/C9H8N2OS/c1-2-4-8(5-3-1)12-6-9-10-7-13-11-9/h1-5,7H,6H2. The van der Waals surface area contributed by atoms with Crippen LogP contribution in [0.5, 0.6) is 5.75 Å². The number of hydrogen-bond donors (Lipinski definition) is 0. The van der Waals surface area contributed by atoms with Gasteiger partial charge in [0.25, 0.3) is 0 Å². The van der Waals surface area contributed by atoms with Crippen molar-refractivity contribution in [1.82, 2.24) is 9.36 Å². The minimum atomic E-state index is 0.438. The van der Waals surface area contributed by atoms with Gasteiger partial charge >= 0.3 is 0 Å². The van der Waals surface area contributed by atoms with Gasteiger partial charge in [0.15, 0.2) is 5.82 Å². The fourth-order valence-corrected chi connectivity index (χ4v) is 1.36. The van der Waals surface area contributed by atoms with Crippen molar-refractivity contribution in [2.24, 2.45) is 0 Å². The Bertz CT molecular complexity index is 347. The highest BCUT2D eigenvalue weighted by Crippen LogP contribution is 2.09. The largest absolute Gasteiger partial charge is 0.486 e. The first kappa shape index (κ1) is 8.19. The fourth-order valence-electron chi connectivity index (χ4n) is 0.921. The van der Waals surface area contributed by atoms with E-state index in [0.29, 0.717) is 6.61 Å². The van der Waals surface area contributed by atoms with Crippen LogP contribution in [0.25, 0.3) is 0 Å². The van der Waals surface area contributed by atoms with Gasteiger partial charge in [0.2, 0.25) is 0 Å². The number of hydrogen-bond acceptors (Lipinski definition) is 4. The van der Waals surface area contributed by atoms with E-state index < -0.39 is 0 Å². The van der Waals surface area contributed by atoms with Gasteiger partial charge in [0.1, 0.15) is 17.9 Å².